The van der Waals surface area contributed by atoms with Crippen LogP contribution in [0.1, 0.15) is 34.9 Å². The van der Waals surface area contributed by atoms with E-state index in [0.717, 1.165) is 30.7 Å². The van der Waals surface area contributed by atoms with Crippen molar-refractivity contribution in [2.75, 3.05) is 13.7 Å². The van der Waals surface area contributed by atoms with E-state index in [4.69, 9.17) is 16.3 Å². The molecule has 0 aliphatic carbocycles. The third-order valence-electron chi connectivity index (χ3n) is 4.11. The molecule has 1 amide bonds. The molecule has 1 fully saturated rings. The Morgan fingerprint density at radius 3 is 2.68 bits per heavy atom. The molecule has 6 heteroatoms. The van der Waals surface area contributed by atoms with Crippen LogP contribution in [0.15, 0.2) is 30.5 Å². The standard InChI is InChI=1S/C16H18ClN3O2/c1-19-15(13(17)10-18-19)16(21)20-9-3-4-14(20)11-5-7-12(22-2)8-6-11/h5-8,10,14H,3-4,9H2,1-2H3/t14-/m1/s1. The molecular weight excluding hydrogens is 302 g/mol. The Balaban J connectivity index is 1.88. The minimum absolute atomic E-state index is 0.0664. The van der Waals surface area contributed by atoms with Gasteiger partial charge in [0, 0.05) is 13.6 Å². The Labute approximate surface area is 134 Å². The van der Waals surface area contributed by atoms with Crippen molar-refractivity contribution in [2.24, 2.45) is 7.05 Å². The second kappa shape index (κ2) is 6.01. The summed E-state index contributed by atoms with van der Waals surface area (Å²) in [6.45, 7) is 0.733. The maximum atomic E-state index is 12.8. The predicted molar refractivity (Wildman–Crippen MR) is 84.2 cm³/mol. The van der Waals surface area contributed by atoms with Gasteiger partial charge in [-0.1, -0.05) is 23.7 Å². The maximum absolute atomic E-state index is 12.8. The van der Waals surface area contributed by atoms with Crippen molar-refractivity contribution >= 4 is 17.5 Å². The quantitative estimate of drug-likeness (QED) is 0.873. The predicted octanol–water partition coefficient (Wildman–Crippen LogP) is 3.06. The molecule has 1 atom stereocenters. The van der Waals surface area contributed by atoms with Gasteiger partial charge in [-0.15, -0.1) is 0 Å². The number of amides is 1. The van der Waals surface area contributed by atoms with Gasteiger partial charge in [0.15, 0.2) is 0 Å². The summed E-state index contributed by atoms with van der Waals surface area (Å²) in [7, 11) is 3.38. The summed E-state index contributed by atoms with van der Waals surface area (Å²) in [4.78, 5) is 14.7. The van der Waals surface area contributed by atoms with Crippen LogP contribution in [0.25, 0.3) is 0 Å². The molecule has 116 valence electrons. The molecule has 1 saturated heterocycles. The molecule has 1 aliphatic heterocycles. The fraction of sp³-hybridized carbons (Fsp3) is 0.375. The van der Waals surface area contributed by atoms with Gasteiger partial charge in [-0.05, 0) is 30.5 Å². The fourth-order valence-corrected chi connectivity index (χ4v) is 3.22. The van der Waals surface area contributed by atoms with Gasteiger partial charge in [-0.2, -0.15) is 5.10 Å². The number of aryl methyl sites for hydroxylation is 1. The van der Waals surface area contributed by atoms with E-state index in [2.05, 4.69) is 5.10 Å². The Hall–Kier alpha value is -2.01. The van der Waals surface area contributed by atoms with Crippen molar-refractivity contribution in [2.45, 2.75) is 18.9 Å². The molecular formula is C16H18ClN3O2. The number of likely N-dealkylation sites (tertiary alicyclic amines) is 1. The number of rotatable bonds is 3. The average Bonchev–Trinajstić information content (AvgIpc) is 3.14. The summed E-state index contributed by atoms with van der Waals surface area (Å²) in [5.74, 6) is 0.748. The Morgan fingerprint density at radius 1 is 1.36 bits per heavy atom. The molecule has 1 aliphatic rings. The van der Waals surface area contributed by atoms with E-state index in [-0.39, 0.29) is 11.9 Å². The molecule has 0 radical (unpaired) electrons. The molecule has 2 aromatic rings. The van der Waals surface area contributed by atoms with Crippen LogP contribution in [0.5, 0.6) is 5.75 Å². The molecule has 0 bridgehead atoms. The van der Waals surface area contributed by atoms with E-state index >= 15 is 0 Å². The first-order valence-electron chi connectivity index (χ1n) is 7.24. The van der Waals surface area contributed by atoms with Crippen LogP contribution in [-0.4, -0.2) is 34.2 Å². The van der Waals surface area contributed by atoms with Crippen LogP contribution in [0.4, 0.5) is 0 Å². The third-order valence-corrected chi connectivity index (χ3v) is 4.39. The maximum Gasteiger partial charge on any atom is 0.274 e. The van der Waals surface area contributed by atoms with Gasteiger partial charge in [0.2, 0.25) is 0 Å². The Morgan fingerprint density at radius 2 is 2.09 bits per heavy atom. The van der Waals surface area contributed by atoms with E-state index in [0.29, 0.717) is 10.7 Å². The lowest BCUT2D eigenvalue weighted by Gasteiger charge is -2.25. The zero-order valence-corrected chi connectivity index (χ0v) is 13.4. The van der Waals surface area contributed by atoms with Crippen LogP contribution in [-0.2, 0) is 7.05 Å². The van der Waals surface area contributed by atoms with Gasteiger partial charge in [0.05, 0.1) is 24.4 Å². The van der Waals surface area contributed by atoms with E-state index in [1.54, 1.807) is 14.2 Å². The number of methoxy groups -OCH3 is 1. The minimum atomic E-state index is -0.0664. The van der Waals surface area contributed by atoms with Gasteiger partial charge < -0.3 is 9.64 Å². The average molecular weight is 320 g/mol. The first-order chi connectivity index (χ1) is 10.6. The van der Waals surface area contributed by atoms with E-state index in [1.807, 2.05) is 29.2 Å². The lowest BCUT2D eigenvalue weighted by atomic mass is 10.0. The molecule has 2 heterocycles. The number of hydrogen-bond acceptors (Lipinski definition) is 3. The number of hydrogen-bond donors (Lipinski definition) is 0. The Bertz CT molecular complexity index is 662. The topological polar surface area (TPSA) is 47.4 Å². The molecule has 1 aromatic heterocycles. The number of carbonyl (C=O) groups excluding carboxylic acids is 1. The van der Waals surface area contributed by atoms with Crippen molar-refractivity contribution in [3.63, 3.8) is 0 Å². The summed E-state index contributed by atoms with van der Waals surface area (Å²) in [6, 6.07) is 7.95. The van der Waals surface area contributed by atoms with Crippen molar-refractivity contribution in [3.8, 4) is 5.75 Å². The number of ether oxygens (including phenoxy) is 1. The number of nitrogens with zero attached hydrogens (tertiary/aromatic N) is 3. The van der Waals surface area contributed by atoms with Gasteiger partial charge >= 0.3 is 0 Å². The van der Waals surface area contributed by atoms with Crippen molar-refractivity contribution in [3.05, 3.63) is 46.7 Å². The summed E-state index contributed by atoms with van der Waals surface area (Å²) in [5.41, 5.74) is 1.56. The highest BCUT2D eigenvalue weighted by Crippen LogP contribution is 2.34. The second-order valence-electron chi connectivity index (χ2n) is 5.39. The molecule has 3 rings (SSSR count). The van der Waals surface area contributed by atoms with Crippen molar-refractivity contribution < 1.29 is 9.53 Å². The first kappa shape index (κ1) is 14.9. The molecule has 22 heavy (non-hydrogen) atoms. The highest BCUT2D eigenvalue weighted by Gasteiger charge is 2.33. The SMILES string of the molecule is COc1ccc([C@H]2CCCN2C(=O)c2c(Cl)cnn2C)cc1. The van der Waals surface area contributed by atoms with Crippen LogP contribution in [0.2, 0.25) is 5.02 Å². The molecule has 0 saturated carbocycles. The van der Waals surface area contributed by atoms with Gasteiger partial charge in [-0.3, -0.25) is 9.48 Å². The van der Waals surface area contributed by atoms with Crippen molar-refractivity contribution in [1.82, 2.24) is 14.7 Å². The van der Waals surface area contributed by atoms with Crippen LogP contribution >= 0.6 is 11.6 Å². The number of benzene rings is 1. The monoisotopic (exact) mass is 319 g/mol. The minimum Gasteiger partial charge on any atom is -0.497 e. The summed E-state index contributed by atoms with van der Waals surface area (Å²) in [5, 5.41) is 4.45. The second-order valence-corrected chi connectivity index (χ2v) is 5.80. The summed E-state index contributed by atoms with van der Waals surface area (Å²) < 4.78 is 6.72. The lowest BCUT2D eigenvalue weighted by Crippen LogP contribution is -2.32. The zero-order valence-electron chi connectivity index (χ0n) is 12.6. The smallest absolute Gasteiger partial charge is 0.274 e. The fourth-order valence-electron chi connectivity index (χ4n) is 2.97. The summed E-state index contributed by atoms with van der Waals surface area (Å²) in [6.07, 6.45) is 3.44. The van der Waals surface area contributed by atoms with Gasteiger partial charge in [0.1, 0.15) is 11.4 Å². The summed E-state index contributed by atoms with van der Waals surface area (Å²) >= 11 is 6.10. The Kier molecular flexibility index (Phi) is 4.07. The first-order valence-corrected chi connectivity index (χ1v) is 7.62. The lowest BCUT2D eigenvalue weighted by molar-refractivity contribution is 0.0724. The van der Waals surface area contributed by atoms with Crippen molar-refractivity contribution in [1.29, 1.82) is 0 Å². The van der Waals surface area contributed by atoms with Crippen LogP contribution < -0.4 is 4.74 Å². The number of halogens is 1. The van der Waals surface area contributed by atoms with E-state index < -0.39 is 0 Å². The van der Waals surface area contributed by atoms with Crippen LogP contribution in [0, 0.1) is 0 Å². The normalized spacial score (nSPS) is 17.8. The van der Waals surface area contributed by atoms with Gasteiger partial charge in [0.25, 0.3) is 5.91 Å². The highest BCUT2D eigenvalue weighted by atomic mass is 35.5. The molecule has 0 unspecified atom stereocenters. The molecule has 0 spiro atoms. The van der Waals surface area contributed by atoms with Gasteiger partial charge in [-0.25, -0.2) is 0 Å². The molecule has 5 nitrogen and oxygen atoms in total. The number of carbonyl (C=O) groups is 1. The molecule has 0 N–H and O–H groups in total. The third kappa shape index (κ3) is 2.57. The number of aromatic nitrogens is 2. The molecule has 1 aromatic carbocycles. The zero-order chi connectivity index (χ0) is 15.7. The van der Waals surface area contributed by atoms with Crippen LogP contribution in [0.3, 0.4) is 0 Å². The largest absolute Gasteiger partial charge is 0.497 e. The van der Waals surface area contributed by atoms with E-state index in [9.17, 15) is 4.79 Å². The van der Waals surface area contributed by atoms with E-state index in [1.165, 1.54) is 10.9 Å². The highest BCUT2D eigenvalue weighted by molar-refractivity contribution is 6.33.